The summed E-state index contributed by atoms with van der Waals surface area (Å²) in [6, 6.07) is 2.09. The predicted molar refractivity (Wildman–Crippen MR) is 78.3 cm³/mol. The molecule has 0 aliphatic carbocycles. The standard InChI is InChI=1S/C15H25N3O2/c1-11(2)20-14-8-12(9-17-10-14)15(18-16)6-5-13-4-3-7-19-13/h8-11,13,15,18H,3-7,16H2,1-2H3. The van der Waals surface area contributed by atoms with E-state index >= 15 is 0 Å². The fourth-order valence-corrected chi connectivity index (χ4v) is 2.53. The Morgan fingerprint density at radius 1 is 1.50 bits per heavy atom. The SMILES string of the molecule is CC(C)Oc1cncc(C(CCC2CCCO2)NN)c1. The van der Waals surface area contributed by atoms with Gasteiger partial charge in [0, 0.05) is 18.8 Å². The number of rotatable bonds is 7. The van der Waals surface area contributed by atoms with Crippen molar-refractivity contribution < 1.29 is 9.47 Å². The molecule has 5 heteroatoms. The summed E-state index contributed by atoms with van der Waals surface area (Å²) in [4.78, 5) is 4.23. The Balaban J connectivity index is 1.95. The molecule has 1 fully saturated rings. The van der Waals surface area contributed by atoms with Crippen LogP contribution in [0.3, 0.4) is 0 Å². The van der Waals surface area contributed by atoms with E-state index < -0.39 is 0 Å². The van der Waals surface area contributed by atoms with Gasteiger partial charge >= 0.3 is 0 Å². The molecule has 0 spiro atoms. The van der Waals surface area contributed by atoms with Gasteiger partial charge in [0.05, 0.1) is 18.4 Å². The third kappa shape index (κ3) is 4.44. The molecule has 2 atom stereocenters. The van der Waals surface area contributed by atoms with Crippen molar-refractivity contribution in [1.82, 2.24) is 10.4 Å². The minimum absolute atomic E-state index is 0.0856. The summed E-state index contributed by atoms with van der Waals surface area (Å²) in [6.45, 7) is 4.90. The Morgan fingerprint density at radius 2 is 2.35 bits per heavy atom. The molecule has 0 saturated carbocycles. The molecule has 0 radical (unpaired) electrons. The van der Waals surface area contributed by atoms with Crippen molar-refractivity contribution in [3.8, 4) is 5.75 Å². The van der Waals surface area contributed by atoms with Crippen LogP contribution in [0.1, 0.15) is 51.1 Å². The topological polar surface area (TPSA) is 69.4 Å². The van der Waals surface area contributed by atoms with Gasteiger partial charge in [0.25, 0.3) is 0 Å². The summed E-state index contributed by atoms with van der Waals surface area (Å²) in [5, 5.41) is 0. The highest BCUT2D eigenvalue weighted by Gasteiger charge is 2.18. The van der Waals surface area contributed by atoms with Gasteiger partial charge in [0.2, 0.25) is 0 Å². The molecule has 1 saturated heterocycles. The van der Waals surface area contributed by atoms with Crippen molar-refractivity contribution in [2.45, 2.75) is 57.8 Å². The van der Waals surface area contributed by atoms with Crippen molar-refractivity contribution >= 4 is 0 Å². The zero-order chi connectivity index (χ0) is 14.4. The first kappa shape index (κ1) is 15.2. The van der Waals surface area contributed by atoms with Gasteiger partial charge in [-0.15, -0.1) is 0 Å². The number of ether oxygens (including phenoxy) is 2. The van der Waals surface area contributed by atoms with Gasteiger partial charge < -0.3 is 9.47 Å². The Labute approximate surface area is 120 Å². The van der Waals surface area contributed by atoms with Gasteiger partial charge in [-0.1, -0.05) is 0 Å². The maximum Gasteiger partial charge on any atom is 0.138 e. The number of nitrogens with zero attached hydrogens (tertiary/aromatic N) is 1. The zero-order valence-corrected chi connectivity index (χ0v) is 12.3. The number of pyridine rings is 1. The number of hydrogen-bond acceptors (Lipinski definition) is 5. The van der Waals surface area contributed by atoms with Crippen molar-refractivity contribution in [1.29, 1.82) is 0 Å². The molecule has 112 valence electrons. The Kier molecular flexibility index (Phi) is 5.76. The summed E-state index contributed by atoms with van der Waals surface area (Å²) in [5.74, 6) is 6.47. The van der Waals surface area contributed by atoms with E-state index in [1.54, 1.807) is 6.20 Å². The molecule has 2 rings (SSSR count). The fraction of sp³-hybridized carbons (Fsp3) is 0.667. The van der Waals surface area contributed by atoms with E-state index in [0.717, 1.165) is 37.2 Å². The van der Waals surface area contributed by atoms with Crippen LogP contribution in [0.4, 0.5) is 0 Å². The second-order valence-corrected chi connectivity index (χ2v) is 5.55. The van der Waals surface area contributed by atoms with Gasteiger partial charge in [0.15, 0.2) is 0 Å². The number of nitrogens with two attached hydrogens (primary N) is 1. The predicted octanol–water partition coefficient (Wildman–Crippen LogP) is 2.33. The molecule has 0 bridgehead atoms. The van der Waals surface area contributed by atoms with E-state index in [4.69, 9.17) is 15.3 Å². The highest BCUT2D eigenvalue weighted by atomic mass is 16.5. The summed E-state index contributed by atoms with van der Waals surface area (Å²) in [7, 11) is 0. The highest BCUT2D eigenvalue weighted by Crippen LogP contribution is 2.25. The van der Waals surface area contributed by atoms with E-state index in [1.807, 2.05) is 26.1 Å². The maximum absolute atomic E-state index is 5.68. The Bertz CT molecular complexity index is 406. The molecule has 1 aliphatic heterocycles. The van der Waals surface area contributed by atoms with Gasteiger partial charge in [0.1, 0.15) is 5.75 Å². The van der Waals surface area contributed by atoms with Crippen LogP contribution in [0.25, 0.3) is 0 Å². The van der Waals surface area contributed by atoms with Crippen LogP contribution >= 0.6 is 0 Å². The first-order chi connectivity index (χ1) is 9.69. The summed E-state index contributed by atoms with van der Waals surface area (Å²) in [5.41, 5.74) is 3.93. The molecule has 0 amide bonds. The zero-order valence-electron chi connectivity index (χ0n) is 12.3. The fourth-order valence-electron chi connectivity index (χ4n) is 2.53. The monoisotopic (exact) mass is 279 g/mol. The first-order valence-electron chi connectivity index (χ1n) is 7.38. The average Bonchev–Trinajstić information content (AvgIpc) is 2.92. The minimum atomic E-state index is 0.0856. The number of hydrogen-bond donors (Lipinski definition) is 2. The second-order valence-electron chi connectivity index (χ2n) is 5.55. The number of aromatic nitrogens is 1. The van der Waals surface area contributed by atoms with E-state index in [9.17, 15) is 0 Å². The van der Waals surface area contributed by atoms with E-state index in [0.29, 0.717) is 6.10 Å². The number of hydrazine groups is 1. The highest BCUT2D eigenvalue weighted by molar-refractivity contribution is 5.26. The molecule has 0 aromatic carbocycles. The van der Waals surface area contributed by atoms with Crippen LogP contribution in [-0.4, -0.2) is 23.8 Å². The van der Waals surface area contributed by atoms with Crippen molar-refractivity contribution in [3.63, 3.8) is 0 Å². The third-order valence-corrected chi connectivity index (χ3v) is 3.51. The molecule has 1 aliphatic rings. The van der Waals surface area contributed by atoms with Crippen LogP contribution in [0.15, 0.2) is 18.5 Å². The molecule has 20 heavy (non-hydrogen) atoms. The molecular formula is C15H25N3O2. The first-order valence-corrected chi connectivity index (χ1v) is 7.38. The van der Waals surface area contributed by atoms with Crippen molar-refractivity contribution in [2.75, 3.05) is 6.61 Å². The van der Waals surface area contributed by atoms with Crippen LogP contribution in [0, 0.1) is 0 Å². The molecule has 1 aromatic rings. The van der Waals surface area contributed by atoms with Gasteiger partial charge in [-0.25, -0.2) is 0 Å². The minimum Gasteiger partial charge on any atom is -0.489 e. The lowest BCUT2D eigenvalue weighted by atomic mass is 10.0. The summed E-state index contributed by atoms with van der Waals surface area (Å²) in [6.07, 6.45) is 8.39. The van der Waals surface area contributed by atoms with Crippen molar-refractivity contribution in [2.24, 2.45) is 5.84 Å². The molecule has 2 unspecified atom stereocenters. The lowest BCUT2D eigenvalue weighted by Gasteiger charge is -2.19. The van der Waals surface area contributed by atoms with Crippen LogP contribution in [-0.2, 0) is 4.74 Å². The summed E-state index contributed by atoms with van der Waals surface area (Å²) >= 11 is 0. The van der Waals surface area contributed by atoms with Crippen LogP contribution < -0.4 is 16.0 Å². The molecule has 2 heterocycles. The largest absolute Gasteiger partial charge is 0.489 e. The van der Waals surface area contributed by atoms with Gasteiger partial charge in [-0.05, 0) is 51.2 Å². The third-order valence-electron chi connectivity index (χ3n) is 3.51. The molecule has 1 aromatic heterocycles. The molecule has 5 nitrogen and oxygen atoms in total. The maximum atomic E-state index is 5.68. The average molecular weight is 279 g/mol. The van der Waals surface area contributed by atoms with Gasteiger partial charge in [-0.3, -0.25) is 16.3 Å². The second kappa shape index (κ2) is 7.57. The Morgan fingerprint density at radius 3 is 3.00 bits per heavy atom. The van der Waals surface area contributed by atoms with Crippen LogP contribution in [0.2, 0.25) is 0 Å². The lowest BCUT2D eigenvalue weighted by molar-refractivity contribution is 0.0996. The normalized spacial score (nSPS) is 20.3. The molecule has 3 N–H and O–H groups in total. The lowest BCUT2D eigenvalue weighted by Crippen LogP contribution is -2.29. The smallest absolute Gasteiger partial charge is 0.138 e. The van der Waals surface area contributed by atoms with Crippen LogP contribution in [0.5, 0.6) is 5.75 Å². The van der Waals surface area contributed by atoms with E-state index in [-0.39, 0.29) is 12.1 Å². The number of nitrogens with one attached hydrogen (secondary N) is 1. The van der Waals surface area contributed by atoms with Crippen molar-refractivity contribution in [3.05, 3.63) is 24.0 Å². The summed E-state index contributed by atoms with van der Waals surface area (Å²) < 4.78 is 11.3. The quantitative estimate of drug-likeness (QED) is 0.592. The van der Waals surface area contributed by atoms with E-state index in [2.05, 4.69) is 10.4 Å². The van der Waals surface area contributed by atoms with Gasteiger partial charge in [-0.2, -0.15) is 0 Å². The Hall–Kier alpha value is -1.17. The molecular weight excluding hydrogens is 254 g/mol. The van der Waals surface area contributed by atoms with E-state index in [1.165, 1.54) is 6.42 Å².